The fraction of sp³-hybridized carbons (Fsp3) is 0.143. The number of rotatable bonds is 3. The van der Waals surface area contributed by atoms with Crippen molar-refractivity contribution in [1.29, 1.82) is 0 Å². The van der Waals surface area contributed by atoms with Crippen molar-refractivity contribution in [2.75, 3.05) is 0 Å². The highest BCUT2D eigenvalue weighted by Gasteiger charge is 2.25. The number of halogens is 2. The summed E-state index contributed by atoms with van der Waals surface area (Å²) in [5.41, 5.74) is 1.86. The number of para-hydroxylation sites is 2. The van der Waals surface area contributed by atoms with E-state index in [4.69, 9.17) is 23.2 Å². The van der Waals surface area contributed by atoms with Gasteiger partial charge in [0.05, 0.1) is 11.0 Å². The van der Waals surface area contributed by atoms with Crippen LogP contribution in [0.1, 0.15) is 11.0 Å². The van der Waals surface area contributed by atoms with Crippen LogP contribution in [0.15, 0.2) is 48.5 Å². The summed E-state index contributed by atoms with van der Waals surface area (Å²) in [5, 5.41) is 16.4. The molecule has 4 rings (SSSR count). The average molecular weight is 333 g/mol. The van der Waals surface area contributed by atoms with Crippen LogP contribution in [-0.4, -0.2) is 30.0 Å². The first-order valence-corrected chi connectivity index (χ1v) is 7.51. The van der Waals surface area contributed by atoms with Crippen LogP contribution in [0.3, 0.4) is 0 Å². The molecule has 0 fully saturated rings. The quantitative estimate of drug-likeness (QED) is 0.540. The number of hydrogen-bond donors (Lipinski definition) is 0. The zero-order valence-corrected chi connectivity index (χ0v) is 12.7. The van der Waals surface area contributed by atoms with Gasteiger partial charge >= 0.3 is 0 Å². The van der Waals surface area contributed by atoms with Gasteiger partial charge in [-0.1, -0.05) is 57.9 Å². The molecule has 0 aliphatic rings. The summed E-state index contributed by atoms with van der Waals surface area (Å²) >= 11 is 13.0. The maximum atomic E-state index is 6.51. The maximum Gasteiger partial charge on any atom is 0.164 e. The minimum absolute atomic E-state index is 0.654. The number of fused-ring (bicyclic) bond motifs is 2. The molecule has 0 bridgehead atoms. The Bertz CT molecular complexity index is 868. The molecule has 0 saturated heterocycles. The highest BCUT2D eigenvalue weighted by atomic mass is 35.5. The van der Waals surface area contributed by atoms with E-state index in [1.54, 1.807) is 9.36 Å². The van der Waals surface area contributed by atoms with Crippen LogP contribution in [0.25, 0.3) is 22.1 Å². The Hall–Kier alpha value is -2.18. The second-order valence-electron chi connectivity index (χ2n) is 4.79. The molecular weight excluding hydrogens is 323 g/mol. The lowest BCUT2D eigenvalue weighted by molar-refractivity contribution is 0.461. The van der Waals surface area contributed by atoms with Gasteiger partial charge in [-0.25, -0.2) is 9.36 Å². The molecule has 6 nitrogen and oxygen atoms in total. The first kappa shape index (κ1) is 13.5. The molecule has 0 radical (unpaired) electrons. The second-order valence-corrected chi connectivity index (χ2v) is 5.69. The lowest BCUT2D eigenvalue weighted by atomic mass is 10.3. The van der Waals surface area contributed by atoms with Crippen LogP contribution in [0, 0.1) is 0 Å². The van der Waals surface area contributed by atoms with E-state index in [-0.39, 0.29) is 0 Å². The van der Waals surface area contributed by atoms with E-state index >= 15 is 0 Å². The molecule has 8 heteroatoms. The minimum Gasteiger partial charge on any atom is -0.223 e. The number of nitrogens with zero attached hydrogens (tertiary/aromatic N) is 6. The van der Waals surface area contributed by atoms with Crippen LogP contribution in [0.2, 0.25) is 0 Å². The van der Waals surface area contributed by atoms with Crippen molar-refractivity contribution in [2.45, 2.75) is 11.0 Å². The Morgan fingerprint density at radius 2 is 1.09 bits per heavy atom. The van der Waals surface area contributed by atoms with Gasteiger partial charge in [0.2, 0.25) is 0 Å². The van der Waals surface area contributed by atoms with E-state index < -0.39 is 11.0 Å². The van der Waals surface area contributed by atoms with Crippen molar-refractivity contribution >= 4 is 45.3 Å². The smallest absolute Gasteiger partial charge is 0.164 e. The van der Waals surface area contributed by atoms with Crippen LogP contribution in [-0.2, 0) is 0 Å². The molecule has 2 aromatic heterocycles. The molecule has 22 heavy (non-hydrogen) atoms. The first-order valence-electron chi connectivity index (χ1n) is 6.64. The largest absolute Gasteiger partial charge is 0.223 e. The average Bonchev–Trinajstić information content (AvgIpc) is 3.17. The molecule has 2 aromatic carbocycles. The summed E-state index contributed by atoms with van der Waals surface area (Å²) < 4.78 is 3.18. The van der Waals surface area contributed by atoms with Gasteiger partial charge in [-0.15, -0.1) is 10.2 Å². The molecule has 110 valence electrons. The highest BCUT2D eigenvalue weighted by molar-refractivity contribution is 6.27. The van der Waals surface area contributed by atoms with Gasteiger partial charge in [0.15, 0.2) is 11.0 Å². The molecule has 0 aliphatic heterocycles. The van der Waals surface area contributed by atoms with E-state index in [9.17, 15) is 0 Å². The summed E-state index contributed by atoms with van der Waals surface area (Å²) in [5.74, 6) is 0. The van der Waals surface area contributed by atoms with E-state index in [0.29, 0.717) is 0 Å². The van der Waals surface area contributed by atoms with Crippen LogP contribution in [0.5, 0.6) is 0 Å². The summed E-state index contributed by atoms with van der Waals surface area (Å²) in [7, 11) is 0. The molecule has 4 aromatic rings. The van der Waals surface area contributed by atoms with Crippen molar-refractivity contribution in [3.63, 3.8) is 0 Å². The fourth-order valence-corrected chi connectivity index (χ4v) is 2.87. The Kier molecular flexibility index (Phi) is 3.20. The van der Waals surface area contributed by atoms with E-state index in [1.807, 2.05) is 48.5 Å². The highest BCUT2D eigenvalue weighted by Crippen LogP contribution is 2.33. The van der Waals surface area contributed by atoms with Crippen molar-refractivity contribution in [3.8, 4) is 0 Å². The molecule has 0 saturated carbocycles. The number of aromatic nitrogens is 6. The Balaban J connectivity index is 1.77. The SMILES string of the molecule is Cl[C@H]([C@@H](Cl)n1nnc2ccccc21)n1nnc2ccccc21. The van der Waals surface area contributed by atoms with Crippen molar-refractivity contribution in [2.24, 2.45) is 0 Å². The Morgan fingerprint density at radius 3 is 1.55 bits per heavy atom. The molecule has 2 heterocycles. The van der Waals surface area contributed by atoms with E-state index in [2.05, 4.69) is 20.6 Å². The second kappa shape index (κ2) is 5.23. The van der Waals surface area contributed by atoms with Crippen LogP contribution in [0.4, 0.5) is 0 Å². The molecular formula is C14H10Cl2N6. The predicted molar refractivity (Wildman–Crippen MR) is 84.8 cm³/mol. The molecule has 2 atom stereocenters. The number of benzene rings is 2. The van der Waals surface area contributed by atoms with Gasteiger partial charge in [-0.2, -0.15) is 0 Å². The van der Waals surface area contributed by atoms with Crippen LogP contribution >= 0.6 is 23.2 Å². The molecule has 0 N–H and O–H groups in total. The van der Waals surface area contributed by atoms with Gasteiger partial charge in [0.1, 0.15) is 11.0 Å². The number of hydrogen-bond acceptors (Lipinski definition) is 4. The monoisotopic (exact) mass is 332 g/mol. The van der Waals surface area contributed by atoms with Gasteiger partial charge in [-0.3, -0.25) is 0 Å². The minimum atomic E-state index is -0.654. The molecule has 0 unspecified atom stereocenters. The van der Waals surface area contributed by atoms with Crippen molar-refractivity contribution < 1.29 is 0 Å². The third-order valence-corrected chi connectivity index (χ3v) is 4.43. The predicted octanol–water partition coefficient (Wildman–Crippen LogP) is 3.35. The lowest BCUT2D eigenvalue weighted by Gasteiger charge is -2.17. The Labute approximate surface area is 135 Å². The standard InChI is InChI=1S/C14H10Cl2N6/c15-13(21-11-7-3-1-5-9(11)17-19-21)14(16)22-12-8-4-2-6-10(12)18-20-22/h1-8,13-14H/t13-,14-/m0/s1. The summed E-state index contributed by atoms with van der Waals surface area (Å²) in [6, 6.07) is 15.1. The molecule has 0 aliphatic carbocycles. The van der Waals surface area contributed by atoms with Crippen molar-refractivity contribution in [3.05, 3.63) is 48.5 Å². The van der Waals surface area contributed by atoms with Crippen LogP contribution < -0.4 is 0 Å². The summed E-state index contributed by atoms with van der Waals surface area (Å²) in [6.45, 7) is 0. The molecule has 0 spiro atoms. The Morgan fingerprint density at radius 1 is 0.682 bits per heavy atom. The summed E-state index contributed by atoms with van der Waals surface area (Å²) in [4.78, 5) is 0. The number of alkyl halides is 2. The fourth-order valence-electron chi connectivity index (χ4n) is 2.37. The van der Waals surface area contributed by atoms with Gasteiger partial charge in [0.25, 0.3) is 0 Å². The zero-order valence-electron chi connectivity index (χ0n) is 11.2. The van der Waals surface area contributed by atoms with E-state index in [1.165, 1.54) is 0 Å². The topological polar surface area (TPSA) is 61.4 Å². The van der Waals surface area contributed by atoms with Crippen molar-refractivity contribution in [1.82, 2.24) is 30.0 Å². The van der Waals surface area contributed by atoms with Gasteiger partial charge in [-0.05, 0) is 24.3 Å². The van der Waals surface area contributed by atoms with Gasteiger partial charge in [0, 0.05) is 0 Å². The zero-order chi connectivity index (χ0) is 15.1. The van der Waals surface area contributed by atoms with E-state index in [0.717, 1.165) is 22.1 Å². The summed E-state index contributed by atoms with van der Waals surface area (Å²) in [6.07, 6.45) is 0. The normalized spacial score (nSPS) is 14.5. The first-order chi connectivity index (χ1) is 10.8. The lowest BCUT2D eigenvalue weighted by Crippen LogP contribution is -2.17. The van der Waals surface area contributed by atoms with Gasteiger partial charge < -0.3 is 0 Å². The third kappa shape index (κ3) is 2.03. The molecule has 0 amide bonds. The maximum absolute atomic E-state index is 6.51. The third-order valence-electron chi connectivity index (χ3n) is 3.45.